The highest BCUT2D eigenvalue weighted by molar-refractivity contribution is 5.86. The molecule has 0 saturated carbocycles. The average molecular weight is 350 g/mol. The first-order valence-corrected chi connectivity index (χ1v) is 8.34. The number of methoxy groups -OCH3 is 1. The first-order valence-electron chi connectivity index (χ1n) is 8.34. The van der Waals surface area contributed by atoms with Crippen LogP contribution in [0.25, 0.3) is 0 Å². The minimum Gasteiger partial charge on any atom is -0.467 e. The van der Waals surface area contributed by atoms with E-state index in [0.29, 0.717) is 17.9 Å². The van der Waals surface area contributed by atoms with Crippen LogP contribution in [0.3, 0.4) is 0 Å². The minimum atomic E-state index is -0.826. The standard InChI is InChI=1S/C18H26N2O5/c1-3-4-10-15(12-20(24)13-21)17(22)19-16(18(23)25-2)11-14-8-6-5-7-9-14/h5-9,13,15-16,24H,3-4,10-12H2,1-2H3,(H,19,22)/t15-,16+/m1/s1. The summed E-state index contributed by atoms with van der Waals surface area (Å²) in [4.78, 5) is 35.2. The summed E-state index contributed by atoms with van der Waals surface area (Å²) in [6.07, 6.45) is 2.71. The van der Waals surface area contributed by atoms with E-state index in [4.69, 9.17) is 4.74 Å². The Hall–Kier alpha value is -2.41. The van der Waals surface area contributed by atoms with Crippen LogP contribution in [-0.2, 0) is 25.5 Å². The van der Waals surface area contributed by atoms with Gasteiger partial charge in [0.1, 0.15) is 6.04 Å². The predicted molar refractivity (Wildman–Crippen MR) is 91.7 cm³/mol. The van der Waals surface area contributed by atoms with E-state index in [1.54, 1.807) is 0 Å². The van der Waals surface area contributed by atoms with Crippen molar-refractivity contribution in [3.05, 3.63) is 35.9 Å². The fourth-order valence-electron chi connectivity index (χ4n) is 2.50. The number of rotatable bonds is 11. The molecule has 2 atom stereocenters. The number of carbonyl (C=O) groups is 3. The number of hydrogen-bond donors (Lipinski definition) is 2. The second-order valence-electron chi connectivity index (χ2n) is 5.84. The molecule has 0 bridgehead atoms. The Labute approximate surface area is 147 Å². The Balaban J connectivity index is 2.81. The van der Waals surface area contributed by atoms with Gasteiger partial charge < -0.3 is 10.1 Å². The minimum absolute atomic E-state index is 0.117. The van der Waals surface area contributed by atoms with Gasteiger partial charge in [-0.25, -0.2) is 9.86 Å². The first-order chi connectivity index (χ1) is 12.0. The van der Waals surface area contributed by atoms with E-state index in [2.05, 4.69) is 5.32 Å². The molecule has 0 radical (unpaired) electrons. The van der Waals surface area contributed by atoms with Crippen molar-refractivity contribution in [2.45, 2.75) is 38.6 Å². The molecule has 25 heavy (non-hydrogen) atoms. The van der Waals surface area contributed by atoms with E-state index >= 15 is 0 Å². The number of hydrogen-bond acceptors (Lipinski definition) is 5. The fraction of sp³-hybridized carbons (Fsp3) is 0.500. The van der Waals surface area contributed by atoms with E-state index in [9.17, 15) is 19.6 Å². The third-order valence-electron chi connectivity index (χ3n) is 3.89. The molecule has 0 aliphatic carbocycles. The Morgan fingerprint density at radius 1 is 1.32 bits per heavy atom. The highest BCUT2D eigenvalue weighted by atomic mass is 16.5. The van der Waals surface area contributed by atoms with Crippen LogP contribution >= 0.6 is 0 Å². The van der Waals surface area contributed by atoms with E-state index < -0.39 is 17.9 Å². The first kappa shape index (κ1) is 20.6. The van der Waals surface area contributed by atoms with E-state index in [1.165, 1.54) is 7.11 Å². The Morgan fingerprint density at radius 3 is 2.56 bits per heavy atom. The molecule has 0 aromatic heterocycles. The maximum atomic E-state index is 12.5. The number of nitrogens with one attached hydrogen (secondary N) is 1. The molecule has 7 heteroatoms. The number of carbonyl (C=O) groups excluding carboxylic acids is 3. The van der Waals surface area contributed by atoms with Crippen LogP contribution in [0, 0.1) is 5.92 Å². The van der Waals surface area contributed by atoms with Crippen LogP contribution in [-0.4, -0.2) is 48.3 Å². The Bertz CT molecular complexity index is 550. The molecule has 1 rings (SSSR count). The van der Waals surface area contributed by atoms with Gasteiger partial charge in [-0.05, 0) is 12.0 Å². The smallest absolute Gasteiger partial charge is 0.328 e. The van der Waals surface area contributed by atoms with Crippen molar-refractivity contribution in [1.82, 2.24) is 10.4 Å². The van der Waals surface area contributed by atoms with Gasteiger partial charge in [-0.3, -0.25) is 14.8 Å². The quantitative estimate of drug-likeness (QED) is 0.273. The second kappa shape index (κ2) is 11.2. The molecule has 1 aromatic carbocycles. The SMILES string of the molecule is CCCC[C@H](CN(O)C=O)C(=O)N[C@@H](Cc1ccccc1)C(=O)OC. The van der Waals surface area contributed by atoms with Gasteiger partial charge in [0.25, 0.3) is 0 Å². The molecule has 0 unspecified atom stereocenters. The molecule has 0 saturated heterocycles. The van der Waals surface area contributed by atoms with Crippen LogP contribution in [0.4, 0.5) is 0 Å². The summed E-state index contributed by atoms with van der Waals surface area (Å²) in [5.74, 6) is -1.53. The van der Waals surface area contributed by atoms with Crippen molar-refractivity contribution in [2.24, 2.45) is 5.92 Å². The van der Waals surface area contributed by atoms with Crippen LogP contribution in [0.1, 0.15) is 31.7 Å². The predicted octanol–water partition coefficient (Wildman–Crippen LogP) is 1.54. The molecule has 0 fully saturated rings. The van der Waals surface area contributed by atoms with Crippen molar-refractivity contribution >= 4 is 18.3 Å². The van der Waals surface area contributed by atoms with E-state index in [-0.39, 0.29) is 18.9 Å². The van der Waals surface area contributed by atoms with Crippen LogP contribution < -0.4 is 5.32 Å². The molecule has 0 spiro atoms. The average Bonchev–Trinajstić information content (AvgIpc) is 2.64. The van der Waals surface area contributed by atoms with Crippen molar-refractivity contribution in [2.75, 3.05) is 13.7 Å². The molecule has 1 aromatic rings. The van der Waals surface area contributed by atoms with Crippen molar-refractivity contribution in [3.8, 4) is 0 Å². The van der Waals surface area contributed by atoms with E-state index in [1.807, 2.05) is 37.3 Å². The number of amides is 2. The summed E-state index contributed by atoms with van der Waals surface area (Å²) in [5, 5.41) is 12.5. The normalized spacial score (nSPS) is 12.8. The molecule has 0 aliphatic heterocycles. The maximum absolute atomic E-state index is 12.5. The summed E-state index contributed by atoms with van der Waals surface area (Å²) >= 11 is 0. The summed E-state index contributed by atoms with van der Waals surface area (Å²) in [6, 6.07) is 8.46. The molecule has 7 nitrogen and oxygen atoms in total. The Kier molecular flexibility index (Phi) is 9.24. The largest absolute Gasteiger partial charge is 0.467 e. The number of hydroxylamine groups is 2. The monoisotopic (exact) mass is 350 g/mol. The van der Waals surface area contributed by atoms with Gasteiger partial charge >= 0.3 is 5.97 Å². The van der Waals surface area contributed by atoms with Crippen LogP contribution in [0.2, 0.25) is 0 Å². The van der Waals surface area contributed by atoms with Gasteiger partial charge in [0.15, 0.2) is 0 Å². The van der Waals surface area contributed by atoms with Crippen LogP contribution in [0.5, 0.6) is 0 Å². The van der Waals surface area contributed by atoms with Gasteiger partial charge in [-0.15, -0.1) is 0 Å². The molecule has 0 aliphatic rings. The zero-order valence-electron chi connectivity index (χ0n) is 14.7. The molecular formula is C18H26N2O5. The number of nitrogens with zero attached hydrogens (tertiary/aromatic N) is 1. The summed E-state index contributed by atoms with van der Waals surface area (Å²) in [7, 11) is 1.27. The number of unbranched alkanes of at least 4 members (excludes halogenated alkanes) is 1. The number of ether oxygens (including phenoxy) is 1. The lowest BCUT2D eigenvalue weighted by atomic mass is 9.99. The summed E-state index contributed by atoms with van der Waals surface area (Å²) < 4.78 is 4.78. The number of benzene rings is 1. The maximum Gasteiger partial charge on any atom is 0.328 e. The van der Waals surface area contributed by atoms with Gasteiger partial charge in [0.05, 0.1) is 19.6 Å². The van der Waals surface area contributed by atoms with Crippen molar-refractivity contribution < 1.29 is 24.3 Å². The zero-order chi connectivity index (χ0) is 18.7. The molecule has 2 N–H and O–H groups in total. The highest BCUT2D eigenvalue weighted by Crippen LogP contribution is 2.12. The van der Waals surface area contributed by atoms with Crippen molar-refractivity contribution in [3.63, 3.8) is 0 Å². The lowest BCUT2D eigenvalue weighted by molar-refractivity contribution is -0.155. The molecule has 0 heterocycles. The second-order valence-corrected chi connectivity index (χ2v) is 5.84. The third kappa shape index (κ3) is 7.34. The Morgan fingerprint density at radius 2 is 2.00 bits per heavy atom. The van der Waals surface area contributed by atoms with Gasteiger partial charge in [-0.2, -0.15) is 0 Å². The lowest BCUT2D eigenvalue weighted by Crippen LogP contribution is -2.47. The van der Waals surface area contributed by atoms with Gasteiger partial charge in [-0.1, -0.05) is 50.1 Å². The third-order valence-corrected chi connectivity index (χ3v) is 3.89. The zero-order valence-corrected chi connectivity index (χ0v) is 14.7. The molecular weight excluding hydrogens is 324 g/mol. The molecule has 2 amide bonds. The fourth-order valence-corrected chi connectivity index (χ4v) is 2.50. The van der Waals surface area contributed by atoms with E-state index in [0.717, 1.165) is 18.4 Å². The van der Waals surface area contributed by atoms with Gasteiger partial charge in [0.2, 0.25) is 12.3 Å². The number of esters is 1. The topological polar surface area (TPSA) is 95.9 Å². The summed E-state index contributed by atoms with van der Waals surface area (Å²) in [6.45, 7) is 1.87. The van der Waals surface area contributed by atoms with Crippen molar-refractivity contribution in [1.29, 1.82) is 0 Å². The molecule has 138 valence electrons. The van der Waals surface area contributed by atoms with Gasteiger partial charge in [0, 0.05) is 6.42 Å². The summed E-state index contributed by atoms with van der Waals surface area (Å²) in [5.41, 5.74) is 0.889. The highest BCUT2D eigenvalue weighted by Gasteiger charge is 2.27. The van der Waals surface area contributed by atoms with Crippen LogP contribution in [0.15, 0.2) is 30.3 Å². The lowest BCUT2D eigenvalue weighted by Gasteiger charge is -2.23.